The Hall–Kier alpha value is -4.88. The van der Waals surface area contributed by atoms with Crippen molar-refractivity contribution in [2.24, 2.45) is 4.99 Å². The van der Waals surface area contributed by atoms with Crippen LogP contribution in [0.25, 0.3) is 10.8 Å². The fraction of sp³-hybridized carbons (Fsp3) is 0.0244. The van der Waals surface area contributed by atoms with E-state index >= 15 is 0 Å². The molecular weight excluding hydrogens is 626 g/mol. The summed E-state index contributed by atoms with van der Waals surface area (Å²) in [6.07, 6.45) is 1.67. The summed E-state index contributed by atoms with van der Waals surface area (Å²) in [4.78, 5) is 8.11. The molecule has 7 rings (SSSR count). The van der Waals surface area contributed by atoms with Gasteiger partial charge in [-0.2, -0.15) is 4.99 Å². The largest absolute Gasteiger partial charge is 0.493 e. The Morgan fingerprint density at radius 1 is 0.609 bits per heavy atom. The van der Waals surface area contributed by atoms with Crippen LogP contribution in [0.2, 0.25) is 0 Å². The number of aliphatic imine (C=N–C) groups is 1. The third-order valence-corrected chi connectivity index (χ3v) is 9.21. The zero-order valence-corrected chi connectivity index (χ0v) is 27.3. The third-order valence-electron chi connectivity index (χ3n) is 6.77. The van der Waals surface area contributed by atoms with Crippen molar-refractivity contribution < 1.29 is 21.6 Å². The van der Waals surface area contributed by atoms with Gasteiger partial charge in [-0.25, -0.2) is 4.98 Å². The van der Waals surface area contributed by atoms with Crippen molar-refractivity contribution in [3.05, 3.63) is 199 Å². The van der Waals surface area contributed by atoms with Gasteiger partial charge in [0.25, 0.3) is 0 Å². The number of aryl methyl sites for hydroxylation is 1. The first-order valence-electron chi connectivity index (χ1n) is 14.7. The molecule has 6 aromatic carbocycles. The van der Waals surface area contributed by atoms with E-state index in [0.29, 0.717) is 11.4 Å². The Balaban J connectivity index is 0.000000162. The molecule has 0 aliphatic heterocycles. The van der Waals surface area contributed by atoms with Gasteiger partial charge in [0.15, 0.2) is 5.82 Å². The zero-order valence-electron chi connectivity index (χ0n) is 25.4. The van der Waals surface area contributed by atoms with E-state index in [1.54, 1.807) is 18.3 Å². The molecule has 7 aromatic rings. The van der Waals surface area contributed by atoms with Gasteiger partial charge in [0.1, 0.15) is 0 Å². The minimum atomic E-state index is -0.446. The van der Waals surface area contributed by atoms with Gasteiger partial charge in [0.05, 0.1) is 0 Å². The molecule has 46 heavy (non-hydrogen) atoms. The molecule has 230 valence electrons. The smallest absolute Gasteiger partial charge is 0.220 e. The molecular formula is C41H34N2NiOP-. The number of fused-ring (bicyclic) bond motifs is 1. The summed E-state index contributed by atoms with van der Waals surface area (Å²) < 4.78 is 0. The molecule has 0 spiro atoms. The van der Waals surface area contributed by atoms with Crippen LogP contribution in [0.1, 0.15) is 11.1 Å². The number of pyridine rings is 1. The van der Waals surface area contributed by atoms with Crippen molar-refractivity contribution in [1.82, 2.24) is 4.98 Å². The van der Waals surface area contributed by atoms with Crippen LogP contribution < -0.4 is 15.9 Å². The van der Waals surface area contributed by atoms with Crippen molar-refractivity contribution in [2.75, 3.05) is 0 Å². The second-order valence-corrected chi connectivity index (χ2v) is 12.3. The van der Waals surface area contributed by atoms with E-state index in [2.05, 4.69) is 125 Å². The van der Waals surface area contributed by atoms with Gasteiger partial charge in [-0.05, 0) is 60.6 Å². The monoisotopic (exact) mass is 659 g/mol. The van der Waals surface area contributed by atoms with Crippen LogP contribution in [0.4, 0.5) is 5.82 Å². The number of hydrogen-bond acceptors (Lipinski definition) is 2. The van der Waals surface area contributed by atoms with Gasteiger partial charge >= 0.3 is 0 Å². The second-order valence-electron chi connectivity index (χ2n) is 10.1. The van der Waals surface area contributed by atoms with Crippen molar-refractivity contribution in [3.63, 3.8) is 0 Å². The number of aliphatic hydroxyl groups excluding tert-OH is 1. The van der Waals surface area contributed by atoms with Gasteiger partial charge in [0.2, 0.25) is 5.90 Å². The summed E-state index contributed by atoms with van der Waals surface area (Å²) in [6.45, 7) is 1.96. The van der Waals surface area contributed by atoms with Gasteiger partial charge in [0, 0.05) is 28.3 Å². The summed E-state index contributed by atoms with van der Waals surface area (Å²) in [5, 5.41) is 16.4. The van der Waals surface area contributed by atoms with E-state index < -0.39 is 7.92 Å². The molecule has 0 unspecified atom stereocenters. The third kappa shape index (κ3) is 10.1. The first kappa shape index (κ1) is 34.0. The quantitative estimate of drug-likeness (QED) is 0.0659. The minimum absolute atomic E-state index is 0. The summed E-state index contributed by atoms with van der Waals surface area (Å²) in [5.74, 6) is 0.500. The van der Waals surface area contributed by atoms with Crippen molar-refractivity contribution in [3.8, 4) is 0 Å². The molecule has 0 amide bonds. The minimum Gasteiger partial charge on any atom is -0.493 e. The first-order valence-corrected chi connectivity index (χ1v) is 16.1. The number of rotatable bonds is 5. The van der Waals surface area contributed by atoms with Crippen LogP contribution in [-0.2, 0) is 16.5 Å². The fourth-order valence-corrected chi connectivity index (χ4v) is 6.89. The van der Waals surface area contributed by atoms with Gasteiger partial charge < -0.3 is 5.11 Å². The van der Waals surface area contributed by atoms with Gasteiger partial charge in [-0.15, -0.1) is 47.2 Å². The average molecular weight is 660 g/mol. The number of aliphatic hydroxyl groups is 1. The predicted octanol–water partition coefficient (Wildman–Crippen LogP) is 9.11. The van der Waals surface area contributed by atoms with E-state index in [4.69, 9.17) is 0 Å². The predicted molar refractivity (Wildman–Crippen MR) is 192 cm³/mol. The molecule has 0 bridgehead atoms. The van der Waals surface area contributed by atoms with Crippen molar-refractivity contribution in [1.29, 1.82) is 0 Å². The van der Waals surface area contributed by atoms with Crippen molar-refractivity contribution in [2.45, 2.75) is 6.92 Å². The van der Waals surface area contributed by atoms with Gasteiger partial charge in [-0.3, -0.25) is 0 Å². The maximum Gasteiger partial charge on any atom is 0.220 e. The standard InChI is InChI=1S/C18H15P.C13H12N2O.C10H7.Ni/c1-4-10-16(11-5-1)19(17-12-6-2-7-13-17)18-14-8-3-9-15-18;1-10-7-8-14-12(9-10)15-13(16)11-5-3-2-4-6-11;1-2-6-10-8-4-3-7-9(10)5-1;/h1-15H;2-9H,1H3,(H,14,15,16);1-7H;/q;;-1;. The molecule has 1 N–H and O–H groups in total. The van der Waals surface area contributed by atoms with E-state index in [-0.39, 0.29) is 22.4 Å². The Morgan fingerprint density at radius 3 is 1.61 bits per heavy atom. The summed E-state index contributed by atoms with van der Waals surface area (Å²) >= 11 is 0. The van der Waals surface area contributed by atoms with Crippen LogP contribution in [0, 0.1) is 13.0 Å². The Labute approximate surface area is 283 Å². The number of benzene rings is 6. The average Bonchev–Trinajstić information content (AvgIpc) is 3.11. The molecule has 0 saturated carbocycles. The van der Waals surface area contributed by atoms with E-state index in [9.17, 15) is 5.11 Å². The second kappa shape index (κ2) is 18.2. The Kier molecular flexibility index (Phi) is 13.4. The van der Waals surface area contributed by atoms with Crippen molar-refractivity contribution >= 4 is 46.3 Å². The molecule has 5 heteroatoms. The SMILES string of the molecule is Cc1ccnc(N=C(O)c2ccccc2)c1.[Ni].[c-]1cccc2ccccc12.c1ccc(P(c2ccccc2)c2ccccc2)cc1. The molecule has 0 aliphatic rings. The molecule has 1 heterocycles. The van der Waals surface area contributed by atoms with Gasteiger partial charge in [-0.1, -0.05) is 121 Å². The molecule has 0 saturated heterocycles. The fourth-order valence-electron chi connectivity index (χ4n) is 4.58. The first-order chi connectivity index (χ1) is 22.2. The molecule has 1 aromatic heterocycles. The van der Waals surface area contributed by atoms with Crippen LogP contribution in [0.15, 0.2) is 187 Å². The van der Waals surface area contributed by atoms with Crippen LogP contribution in [0.3, 0.4) is 0 Å². The van der Waals surface area contributed by atoms with E-state index in [1.807, 2.05) is 61.5 Å². The Morgan fingerprint density at radius 2 is 1.09 bits per heavy atom. The normalized spacial score (nSPS) is 10.5. The summed E-state index contributed by atoms with van der Waals surface area (Å²) in [5.41, 5.74) is 1.75. The topological polar surface area (TPSA) is 45.5 Å². The van der Waals surface area contributed by atoms with E-state index in [1.165, 1.54) is 26.7 Å². The molecule has 0 radical (unpaired) electrons. The van der Waals surface area contributed by atoms with Crippen LogP contribution in [0.5, 0.6) is 0 Å². The van der Waals surface area contributed by atoms with Crippen LogP contribution in [-0.4, -0.2) is 16.0 Å². The maximum absolute atomic E-state index is 9.77. The summed E-state index contributed by atoms with van der Waals surface area (Å²) in [7, 11) is -0.446. The summed E-state index contributed by atoms with van der Waals surface area (Å²) in [6, 6.07) is 62.6. The molecule has 0 atom stereocenters. The zero-order chi connectivity index (χ0) is 31.1. The van der Waals surface area contributed by atoms with Crippen LogP contribution >= 0.6 is 7.92 Å². The molecule has 3 nitrogen and oxygen atoms in total. The maximum atomic E-state index is 9.77. The number of nitrogens with zero attached hydrogens (tertiary/aromatic N) is 2. The molecule has 0 aliphatic carbocycles. The van der Waals surface area contributed by atoms with E-state index in [0.717, 1.165) is 5.56 Å². The Bertz CT molecular complexity index is 1760. The number of aromatic nitrogens is 1. The number of hydrogen-bond donors (Lipinski definition) is 1. The molecule has 0 fully saturated rings.